The Kier molecular flexibility index (Phi) is 3.05. The first kappa shape index (κ1) is 10.9. The van der Waals surface area contributed by atoms with Crippen LogP contribution in [0, 0.1) is 10.1 Å². The molecule has 0 amide bonds. The van der Waals surface area contributed by atoms with Crippen molar-refractivity contribution in [1.29, 1.82) is 0 Å². The molecule has 0 saturated carbocycles. The number of non-ortho nitro benzene ring substituents is 1. The Hall–Kier alpha value is -1.62. The van der Waals surface area contributed by atoms with Crippen LogP contribution in [-0.4, -0.2) is 30.6 Å². The van der Waals surface area contributed by atoms with Gasteiger partial charge in [-0.1, -0.05) is 0 Å². The van der Waals surface area contributed by atoms with Crippen LogP contribution in [-0.2, 0) is 0 Å². The minimum Gasteiger partial charge on any atom is -0.360 e. The van der Waals surface area contributed by atoms with Gasteiger partial charge in [0, 0.05) is 17.8 Å². The monoisotopic (exact) mass is 222 g/mol. The van der Waals surface area contributed by atoms with Gasteiger partial charge in [-0.3, -0.25) is 10.1 Å². The smallest absolute Gasteiger partial charge is 0.269 e. The van der Waals surface area contributed by atoms with Crippen LogP contribution in [0.25, 0.3) is 0 Å². The maximum atomic E-state index is 10.5. The third-order valence-electron chi connectivity index (χ3n) is 2.90. The minimum atomic E-state index is -0.365. The molecular weight excluding hydrogens is 206 g/mol. The van der Waals surface area contributed by atoms with Crippen LogP contribution in [0.3, 0.4) is 0 Å². The average molecular weight is 222 g/mol. The molecule has 0 bridgehead atoms. The van der Waals surface area contributed by atoms with E-state index in [2.05, 4.69) is 17.1 Å². The van der Waals surface area contributed by atoms with E-state index < -0.39 is 0 Å². The van der Waals surface area contributed by atoms with Crippen LogP contribution in [0.15, 0.2) is 24.3 Å². The Morgan fingerprint density at radius 1 is 1.44 bits per heavy atom. The molecule has 0 unspecified atom stereocenters. The van der Waals surface area contributed by atoms with Crippen molar-refractivity contribution in [2.45, 2.75) is 13.0 Å². The number of nitrogens with zero attached hydrogens (tertiary/aromatic N) is 2. The lowest BCUT2D eigenvalue weighted by Gasteiger charge is -2.31. The average Bonchev–Trinajstić information content (AvgIpc) is 2.29. The van der Waals surface area contributed by atoms with Gasteiger partial charge in [-0.25, -0.2) is 0 Å². The molecular formula is C11H16N3O2+. The minimum absolute atomic E-state index is 0.153. The summed E-state index contributed by atoms with van der Waals surface area (Å²) in [6.07, 6.45) is 0. The van der Waals surface area contributed by atoms with E-state index in [1.165, 1.54) is 0 Å². The molecule has 2 rings (SSSR count). The van der Waals surface area contributed by atoms with Crippen molar-refractivity contribution < 1.29 is 10.2 Å². The van der Waals surface area contributed by atoms with Crippen LogP contribution in [0.5, 0.6) is 0 Å². The highest BCUT2D eigenvalue weighted by Crippen LogP contribution is 2.19. The molecule has 1 atom stereocenters. The summed E-state index contributed by atoms with van der Waals surface area (Å²) in [5.74, 6) is 0. The standard InChI is InChI=1S/C11H15N3O2/c1-9-8-13(7-6-12-9)10-2-4-11(5-3-10)14(15)16/h2-5,9,12H,6-8H2,1H3/p+1/t9-/m1/s1. The number of quaternary nitrogens is 1. The molecule has 0 spiro atoms. The zero-order chi connectivity index (χ0) is 11.5. The maximum Gasteiger partial charge on any atom is 0.269 e. The van der Waals surface area contributed by atoms with E-state index in [4.69, 9.17) is 0 Å². The fraction of sp³-hybridized carbons (Fsp3) is 0.455. The van der Waals surface area contributed by atoms with Gasteiger partial charge in [-0.05, 0) is 19.1 Å². The number of rotatable bonds is 2. The third kappa shape index (κ3) is 2.30. The Bertz CT molecular complexity index is 377. The van der Waals surface area contributed by atoms with Crippen molar-refractivity contribution in [2.75, 3.05) is 24.5 Å². The second-order valence-electron chi connectivity index (χ2n) is 4.22. The first-order chi connectivity index (χ1) is 7.66. The first-order valence-corrected chi connectivity index (χ1v) is 5.49. The Balaban J connectivity index is 2.11. The fourth-order valence-corrected chi connectivity index (χ4v) is 2.05. The van der Waals surface area contributed by atoms with Crippen molar-refractivity contribution in [1.82, 2.24) is 0 Å². The molecule has 1 saturated heterocycles. The summed E-state index contributed by atoms with van der Waals surface area (Å²) in [7, 11) is 0. The molecule has 5 nitrogen and oxygen atoms in total. The van der Waals surface area contributed by atoms with Crippen molar-refractivity contribution in [3.05, 3.63) is 34.4 Å². The molecule has 16 heavy (non-hydrogen) atoms. The van der Waals surface area contributed by atoms with E-state index >= 15 is 0 Å². The highest BCUT2D eigenvalue weighted by Gasteiger charge is 2.19. The Morgan fingerprint density at radius 2 is 2.12 bits per heavy atom. The predicted octanol–water partition coefficient (Wildman–Crippen LogP) is 0.367. The van der Waals surface area contributed by atoms with Crippen molar-refractivity contribution >= 4 is 11.4 Å². The molecule has 1 aliphatic heterocycles. The molecule has 86 valence electrons. The lowest BCUT2D eigenvalue weighted by atomic mass is 10.2. The number of anilines is 1. The van der Waals surface area contributed by atoms with Crippen LogP contribution in [0.1, 0.15) is 6.92 Å². The largest absolute Gasteiger partial charge is 0.360 e. The van der Waals surface area contributed by atoms with Crippen molar-refractivity contribution in [3.8, 4) is 0 Å². The molecule has 1 aliphatic rings. The summed E-state index contributed by atoms with van der Waals surface area (Å²) in [5, 5.41) is 12.8. The van der Waals surface area contributed by atoms with E-state index in [1.807, 2.05) is 12.1 Å². The van der Waals surface area contributed by atoms with E-state index in [0.717, 1.165) is 25.3 Å². The van der Waals surface area contributed by atoms with Crippen molar-refractivity contribution in [2.24, 2.45) is 0 Å². The van der Waals surface area contributed by atoms with Crippen LogP contribution >= 0.6 is 0 Å². The summed E-state index contributed by atoms with van der Waals surface area (Å²) in [4.78, 5) is 12.4. The lowest BCUT2D eigenvalue weighted by molar-refractivity contribution is -0.687. The first-order valence-electron chi connectivity index (χ1n) is 5.49. The number of nitrogens with two attached hydrogens (primary N) is 1. The zero-order valence-electron chi connectivity index (χ0n) is 9.30. The molecule has 1 aromatic rings. The summed E-state index contributed by atoms with van der Waals surface area (Å²) >= 11 is 0. The normalized spacial score (nSPS) is 20.8. The summed E-state index contributed by atoms with van der Waals surface area (Å²) in [6.45, 7) is 5.27. The SMILES string of the molecule is C[C@@H]1CN(c2ccc([N+](=O)[O-])cc2)CC[NH2+]1. The van der Waals surface area contributed by atoms with Gasteiger partial charge in [-0.15, -0.1) is 0 Å². The van der Waals surface area contributed by atoms with E-state index in [-0.39, 0.29) is 10.6 Å². The van der Waals surface area contributed by atoms with Crippen molar-refractivity contribution in [3.63, 3.8) is 0 Å². The highest BCUT2D eigenvalue weighted by molar-refractivity contribution is 5.51. The summed E-state index contributed by atoms with van der Waals surface area (Å²) in [6, 6.07) is 7.38. The van der Waals surface area contributed by atoms with Gasteiger partial charge in [0.15, 0.2) is 0 Å². The van der Waals surface area contributed by atoms with Gasteiger partial charge in [0.2, 0.25) is 0 Å². The third-order valence-corrected chi connectivity index (χ3v) is 2.90. The zero-order valence-corrected chi connectivity index (χ0v) is 9.30. The highest BCUT2D eigenvalue weighted by atomic mass is 16.6. The van der Waals surface area contributed by atoms with Crippen LogP contribution < -0.4 is 10.2 Å². The number of nitro benzene ring substituents is 1. The van der Waals surface area contributed by atoms with Gasteiger partial charge < -0.3 is 10.2 Å². The van der Waals surface area contributed by atoms with Crippen LogP contribution in [0.4, 0.5) is 11.4 Å². The number of hydrogen-bond acceptors (Lipinski definition) is 3. The second kappa shape index (κ2) is 4.49. The van der Waals surface area contributed by atoms with Gasteiger partial charge >= 0.3 is 0 Å². The Morgan fingerprint density at radius 3 is 2.69 bits per heavy atom. The van der Waals surface area contributed by atoms with E-state index in [1.54, 1.807) is 12.1 Å². The van der Waals surface area contributed by atoms with E-state index in [9.17, 15) is 10.1 Å². The molecule has 1 aromatic carbocycles. The van der Waals surface area contributed by atoms with Crippen LogP contribution in [0.2, 0.25) is 0 Å². The van der Waals surface area contributed by atoms with Gasteiger partial charge in [0.05, 0.1) is 24.6 Å². The molecule has 0 aliphatic carbocycles. The maximum absolute atomic E-state index is 10.5. The molecule has 1 heterocycles. The predicted molar refractivity (Wildman–Crippen MR) is 61.6 cm³/mol. The second-order valence-corrected chi connectivity index (χ2v) is 4.22. The molecule has 0 aromatic heterocycles. The molecule has 2 N–H and O–H groups in total. The summed E-state index contributed by atoms with van der Waals surface area (Å²) in [5.41, 5.74) is 1.23. The Labute approximate surface area is 94.2 Å². The van der Waals surface area contributed by atoms with Gasteiger partial charge in [0.25, 0.3) is 5.69 Å². The lowest BCUT2D eigenvalue weighted by Crippen LogP contribution is -2.94. The number of piperazine rings is 1. The fourth-order valence-electron chi connectivity index (χ4n) is 2.05. The van der Waals surface area contributed by atoms with Gasteiger partial charge in [0.1, 0.15) is 6.04 Å². The quantitative estimate of drug-likeness (QED) is 0.580. The molecule has 0 radical (unpaired) electrons. The number of benzene rings is 1. The van der Waals surface area contributed by atoms with E-state index in [0.29, 0.717) is 6.04 Å². The van der Waals surface area contributed by atoms with Gasteiger partial charge in [-0.2, -0.15) is 0 Å². The topological polar surface area (TPSA) is 63.0 Å². The molecule has 5 heteroatoms. The molecule has 1 fully saturated rings. The number of nitro groups is 1. The number of hydrogen-bond donors (Lipinski definition) is 1. The summed E-state index contributed by atoms with van der Waals surface area (Å²) < 4.78 is 0.